The van der Waals surface area contributed by atoms with E-state index in [1.807, 2.05) is 0 Å². The maximum Gasteiger partial charge on any atom is 0.325 e. The van der Waals surface area contributed by atoms with E-state index < -0.39 is 6.03 Å². The van der Waals surface area contributed by atoms with Gasteiger partial charge in [-0.3, -0.25) is 14.5 Å². The predicted octanol–water partition coefficient (Wildman–Crippen LogP) is -0.484. The van der Waals surface area contributed by atoms with Crippen molar-refractivity contribution >= 4 is 17.8 Å². The summed E-state index contributed by atoms with van der Waals surface area (Å²) < 4.78 is 10.3. The lowest BCUT2D eigenvalue weighted by Crippen LogP contribution is -2.46. The summed E-state index contributed by atoms with van der Waals surface area (Å²) in [5, 5.41) is 6.33. The first-order valence-electron chi connectivity index (χ1n) is 8.26. The van der Waals surface area contributed by atoms with Crippen molar-refractivity contribution in [2.75, 3.05) is 39.9 Å². The highest BCUT2D eigenvalue weighted by Gasteiger charge is 2.34. The second-order valence-corrected chi connectivity index (χ2v) is 6.11. The Hall–Kier alpha value is -2.49. The number of ether oxygens (including phenoxy) is 1. The zero-order valence-corrected chi connectivity index (χ0v) is 14.1. The van der Waals surface area contributed by atoms with Crippen LogP contribution in [0.1, 0.15) is 30.5 Å². The number of carbonyl (C=O) groups excluding carboxylic acids is 3. The van der Waals surface area contributed by atoms with Gasteiger partial charge in [-0.15, -0.1) is 0 Å². The standard InChI is InChI=1S/C15H21N5O5/c1-24-6-4-11-17-14(25-18-11)10-3-2-5-19(8-10)13(22)9-20-12(21)7-16-15(20)23/h10H,2-9H2,1H3,(H,16,23)/t10-/m1/s1. The fourth-order valence-electron chi connectivity index (χ4n) is 2.98. The molecule has 10 heteroatoms. The molecule has 0 aliphatic carbocycles. The molecule has 1 N–H and O–H groups in total. The van der Waals surface area contributed by atoms with Gasteiger partial charge < -0.3 is 19.5 Å². The van der Waals surface area contributed by atoms with Gasteiger partial charge in [-0.1, -0.05) is 5.16 Å². The van der Waals surface area contributed by atoms with Crippen LogP contribution in [0, 0.1) is 0 Å². The summed E-state index contributed by atoms with van der Waals surface area (Å²) in [5.41, 5.74) is 0. The lowest BCUT2D eigenvalue weighted by Gasteiger charge is -2.31. The van der Waals surface area contributed by atoms with Gasteiger partial charge >= 0.3 is 6.03 Å². The van der Waals surface area contributed by atoms with Gasteiger partial charge in [-0.25, -0.2) is 4.79 Å². The van der Waals surface area contributed by atoms with Crippen molar-refractivity contribution in [3.05, 3.63) is 11.7 Å². The average Bonchev–Trinajstić information content (AvgIpc) is 3.22. The van der Waals surface area contributed by atoms with Crippen LogP contribution in [0.4, 0.5) is 4.79 Å². The second-order valence-electron chi connectivity index (χ2n) is 6.11. The molecule has 2 aliphatic heterocycles. The molecule has 4 amide bonds. The summed E-state index contributed by atoms with van der Waals surface area (Å²) in [7, 11) is 1.61. The first-order chi connectivity index (χ1) is 12.1. The van der Waals surface area contributed by atoms with Crippen LogP contribution in [0.25, 0.3) is 0 Å². The van der Waals surface area contributed by atoms with E-state index >= 15 is 0 Å². The first-order valence-corrected chi connectivity index (χ1v) is 8.26. The molecule has 0 radical (unpaired) electrons. The number of aromatic nitrogens is 2. The number of nitrogens with one attached hydrogen (secondary N) is 1. The molecule has 3 heterocycles. The quantitative estimate of drug-likeness (QED) is 0.688. The van der Waals surface area contributed by atoms with E-state index in [-0.39, 0.29) is 30.8 Å². The van der Waals surface area contributed by atoms with Crippen molar-refractivity contribution in [2.24, 2.45) is 0 Å². The molecule has 10 nitrogen and oxygen atoms in total. The Morgan fingerprint density at radius 1 is 1.44 bits per heavy atom. The number of imide groups is 1. The van der Waals surface area contributed by atoms with E-state index in [4.69, 9.17) is 9.26 Å². The molecule has 2 aliphatic rings. The summed E-state index contributed by atoms with van der Waals surface area (Å²) >= 11 is 0. The second kappa shape index (κ2) is 7.60. The summed E-state index contributed by atoms with van der Waals surface area (Å²) in [6.45, 7) is 1.25. The van der Waals surface area contributed by atoms with Gasteiger partial charge in [0.1, 0.15) is 6.54 Å². The van der Waals surface area contributed by atoms with Crippen molar-refractivity contribution in [2.45, 2.75) is 25.2 Å². The number of amides is 4. The summed E-state index contributed by atoms with van der Waals surface area (Å²) in [4.78, 5) is 42.6. The van der Waals surface area contributed by atoms with Crippen LogP contribution in [0.2, 0.25) is 0 Å². The molecule has 3 rings (SSSR count). The SMILES string of the molecule is COCCc1noc([C@@H]2CCCN(C(=O)CN3C(=O)CNC3=O)C2)n1. The molecule has 0 aromatic carbocycles. The molecule has 1 aromatic heterocycles. The lowest BCUT2D eigenvalue weighted by molar-refractivity contribution is -0.137. The van der Waals surface area contributed by atoms with Crippen molar-refractivity contribution in [1.29, 1.82) is 0 Å². The maximum absolute atomic E-state index is 12.4. The number of piperidine rings is 1. The van der Waals surface area contributed by atoms with Crippen LogP contribution in [-0.2, 0) is 20.7 Å². The van der Waals surface area contributed by atoms with Crippen molar-refractivity contribution in [3.63, 3.8) is 0 Å². The summed E-state index contributed by atoms with van der Waals surface area (Å²) in [6.07, 6.45) is 2.21. The van der Waals surface area contributed by atoms with Crippen LogP contribution in [0.15, 0.2) is 4.52 Å². The first kappa shape index (κ1) is 17.3. The number of rotatable bonds is 6. The fourth-order valence-corrected chi connectivity index (χ4v) is 2.98. The molecular formula is C15H21N5O5. The Morgan fingerprint density at radius 2 is 2.28 bits per heavy atom. The fraction of sp³-hybridized carbons (Fsp3) is 0.667. The summed E-state index contributed by atoms with van der Waals surface area (Å²) in [5.74, 6) is 0.420. The van der Waals surface area contributed by atoms with Crippen molar-refractivity contribution in [3.8, 4) is 0 Å². The highest BCUT2D eigenvalue weighted by molar-refractivity contribution is 6.04. The normalized spacial score (nSPS) is 20.9. The number of hydrogen-bond donors (Lipinski definition) is 1. The number of carbonyl (C=O) groups is 3. The average molecular weight is 351 g/mol. The van der Waals surface area contributed by atoms with Crippen LogP contribution in [0.5, 0.6) is 0 Å². The minimum absolute atomic E-state index is 0.0374. The number of hydrogen-bond acceptors (Lipinski definition) is 7. The molecule has 1 atom stereocenters. The third-order valence-corrected chi connectivity index (χ3v) is 4.37. The molecule has 2 fully saturated rings. The molecule has 0 spiro atoms. The zero-order chi connectivity index (χ0) is 17.8. The molecule has 0 bridgehead atoms. The number of nitrogens with zero attached hydrogens (tertiary/aromatic N) is 4. The van der Waals surface area contributed by atoms with Crippen LogP contribution >= 0.6 is 0 Å². The van der Waals surface area contributed by atoms with Crippen molar-refractivity contribution < 1.29 is 23.6 Å². The van der Waals surface area contributed by atoms with Gasteiger partial charge in [0, 0.05) is 26.6 Å². The number of likely N-dealkylation sites (tertiary alicyclic amines) is 1. The molecule has 136 valence electrons. The predicted molar refractivity (Wildman–Crippen MR) is 83.5 cm³/mol. The highest BCUT2D eigenvalue weighted by Crippen LogP contribution is 2.26. The van der Waals surface area contributed by atoms with Gasteiger partial charge in [-0.2, -0.15) is 4.98 Å². The van der Waals surface area contributed by atoms with E-state index in [1.165, 1.54) is 0 Å². The van der Waals surface area contributed by atoms with E-state index in [0.29, 0.717) is 37.8 Å². The topological polar surface area (TPSA) is 118 Å². The minimum Gasteiger partial charge on any atom is -0.384 e. The molecule has 1 aromatic rings. The highest BCUT2D eigenvalue weighted by atomic mass is 16.5. The van der Waals surface area contributed by atoms with Crippen LogP contribution < -0.4 is 5.32 Å². The molecule has 0 unspecified atom stereocenters. The van der Waals surface area contributed by atoms with Crippen LogP contribution in [-0.4, -0.2) is 77.7 Å². The number of methoxy groups -OCH3 is 1. The third-order valence-electron chi connectivity index (χ3n) is 4.37. The van der Waals surface area contributed by atoms with E-state index in [1.54, 1.807) is 12.0 Å². The van der Waals surface area contributed by atoms with Gasteiger partial charge in [0.05, 0.1) is 19.1 Å². The lowest BCUT2D eigenvalue weighted by atomic mass is 9.98. The Kier molecular flexibility index (Phi) is 5.27. The Labute approximate surface area is 144 Å². The maximum atomic E-state index is 12.4. The minimum atomic E-state index is -0.522. The van der Waals surface area contributed by atoms with Crippen LogP contribution in [0.3, 0.4) is 0 Å². The molecule has 0 saturated carbocycles. The van der Waals surface area contributed by atoms with E-state index in [0.717, 1.165) is 17.7 Å². The number of urea groups is 1. The third kappa shape index (κ3) is 3.95. The molecule has 2 saturated heterocycles. The van der Waals surface area contributed by atoms with E-state index in [9.17, 15) is 14.4 Å². The van der Waals surface area contributed by atoms with Gasteiger partial charge in [0.15, 0.2) is 5.82 Å². The Bertz CT molecular complexity index is 644. The molecule has 25 heavy (non-hydrogen) atoms. The Morgan fingerprint density at radius 3 is 3.00 bits per heavy atom. The van der Waals surface area contributed by atoms with E-state index in [2.05, 4.69) is 15.5 Å². The zero-order valence-electron chi connectivity index (χ0n) is 14.1. The largest absolute Gasteiger partial charge is 0.384 e. The monoisotopic (exact) mass is 351 g/mol. The van der Waals surface area contributed by atoms with Gasteiger partial charge in [0.25, 0.3) is 5.91 Å². The van der Waals surface area contributed by atoms with Gasteiger partial charge in [0.2, 0.25) is 11.8 Å². The van der Waals surface area contributed by atoms with Crippen molar-refractivity contribution in [1.82, 2.24) is 25.3 Å². The molecular weight excluding hydrogens is 330 g/mol. The smallest absolute Gasteiger partial charge is 0.325 e. The summed E-state index contributed by atoms with van der Waals surface area (Å²) in [6, 6.07) is -0.522. The Balaban J connectivity index is 1.58. The van der Waals surface area contributed by atoms with Gasteiger partial charge in [-0.05, 0) is 12.8 Å².